The van der Waals surface area contributed by atoms with E-state index in [-0.39, 0.29) is 23.5 Å². The first-order valence-electron chi connectivity index (χ1n) is 6.86. The lowest BCUT2D eigenvalue weighted by atomic mass is 9.93. The van der Waals surface area contributed by atoms with Gasteiger partial charge >= 0.3 is 0 Å². The average molecular weight is 300 g/mol. The normalized spacial score (nSPS) is 22.6. The molecule has 0 bridgehead atoms. The van der Waals surface area contributed by atoms with Crippen LogP contribution < -0.4 is 5.73 Å². The summed E-state index contributed by atoms with van der Waals surface area (Å²) in [6.07, 6.45) is 1.81. The highest BCUT2D eigenvalue weighted by Crippen LogP contribution is 2.23. The number of piperidine rings is 1. The molecule has 0 unspecified atom stereocenters. The Labute approximate surface area is 119 Å². The molecule has 1 aliphatic heterocycles. The molecule has 20 heavy (non-hydrogen) atoms. The van der Waals surface area contributed by atoms with Gasteiger partial charge in [-0.3, -0.25) is 0 Å². The lowest BCUT2D eigenvalue weighted by molar-refractivity contribution is 0.243. The van der Waals surface area contributed by atoms with Crippen LogP contribution in [0.15, 0.2) is 24.3 Å². The van der Waals surface area contributed by atoms with Crippen molar-refractivity contribution in [2.24, 2.45) is 11.7 Å². The predicted octanol–water partition coefficient (Wildman–Crippen LogP) is 1.71. The molecule has 6 heteroatoms. The second kappa shape index (κ2) is 6.20. The van der Waals surface area contributed by atoms with Gasteiger partial charge in [0.05, 0.1) is 5.75 Å². The van der Waals surface area contributed by atoms with Gasteiger partial charge in [-0.1, -0.05) is 12.1 Å². The molecule has 1 heterocycles. The van der Waals surface area contributed by atoms with Crippen LogP contribution in [-0.4, -0.2) is 31.9 Å². The maximum Gasteiger partial charge on any atom is 0.218 e. The number of benzene rings is 1. The Morgan fingerprint density at radius 2 is 2.05 bits per heavy atom. The standard InChI is InChI=1S/C14H21FN2O2S/c1-11(16)13-3-2-8-17(9-13)20(18,19)10-12-4-6-14(15)7-5-12/h4-7,11,13H,2-3,8-10,16H2,1H3/t11-,13-/m1/s1. The van der Waals surface area contributed by atoms with E-state index in [0.29, 0.717) is 18.7 Å². The molecule has 0 aromatic heterocycles. The minimum atomic E-state index is -3.36. The van der Waals surface area contributed by atoms with Crippen molar-refractivity contribution in [3.8, 4) is 0 Å². The first kappa shape index (κ1) is 15.4. The van der Waals surface area contributed by atoms with Crippen molar-refractivity contribution in [1.29, 1.82) is 0 Å². The third kappa shape index (κ3) is 3.77. The van der Waals surface area contributed by atoms with Crippen LogP contribution >= 0.6 is 0 Å². The molecule has 1 aromatic rings. The number of nitrogens with zero attached hydrogens (tertiary/aromatic N) is 1. The molecule has 4 nitrogen and oxygen atoms in total. The Bertz CT molecular complexity index is 543. The topological polar surface area (TPSA) is 63.4 Å². The molecule has 1 saturated heterocycles. The van der Waals surface area contributed by atoms with E-state index in [1.807, 2.05) is 6.92 Å². The molecule has 0 aliphatic carbocycles. The highest BCUT2D eigenvalue weighted by Gasteiger charge is 2.30. The van der Waals surface area contributed by atoms with Gasteiger partial charge in [0, 0.05) is 19.1 Å². The summed E-state index contributed by atoms with van der Waals surface area (Å²) in [6, 6.07) is 5.59. The van der Waals surface area contributed by atoms with Crippen LogP contribution in [0.25, 0.3) is 0 Å². The lowest BCUT2D eigenvalue weighted by Gasteiger charge is -2.33. The summed E-state index contributed by atoms with van der Waals surface area (Å²) >= 11 is 0. The molecule has 2 rings (SSSR count). The molecular formula is C14H21FN2O2S. The molecule has 0 saturated carbocycles. The van der Waals surface area contributed by atoms with Crippen LogP contribution in [0.1, 0.15) is 25.3 Å². The Hall–Kier alpha value is -0.980. The zero-order valence-corrected chi connectivity index (χ0v) is 12.4. The fourth-order valence-corrected chi connectivity index (χ4v) is 4.16. The fourth-order valence-electron chi connectivity index (χ4n) is 2.54. The highest BCUT2D eigenvalue weighted by atomic mass is 32.2. The molecule has 1 aromatic carbocycles. The number of hydrogen-bond acceptors (Lipinski definition) is 3. The van der Waals surface area contributed by atoms with Crippen molar-refractivity contribution in [3.63, 3.8) is 0 Å². The number of nitrogens with two attached hydrogens (primary N) is 1. The summed E-state index contributed by atoms with van der Waals surface area (Å²) in [4.78, 5) is 0. The Morgan fingerprint density at radius 3 is 2.65 bits per heavy atom. The van der Waals surface area contributed by atoms with Crippen molar-refractivity contribution >= 4 is 10.0 Å². The third-order valence-electron chi connectivity index (χ3n) is 3.82. The van der Waals surface area contributed by atoms with E-state index in [4.69, 9.17) is 5.73 Å². The molecule has 0 amide bonds. The maximum atomic E-state index is 12.8. The Balaban J connectivity index is 2.08. The molecule has 112 valence electrons. The van der Waals surface area contributed by atoms with Gasteiger partial charge in [-0.2, -0.15) is 0 Å². The van der Waals surface area contributed by atoms with Gasteiger partial charge in [-0.15, -0.1) is 0 Å². The van der Waals surface area contributed by atoms with Crippen LogP contribution in [0.2, 0.25) is 0 Å². The van der Waals surface area contributed by atoms with Gasteiger partial charge in [0.15, 0.2) is 0 Å². The SMILES string of the molecule is C[C@@H](N)[C@@H]1CCCN(S(=O)(=O)Cc2ccc(F)cc2)C1. The first-order chi connectivity index (χ1) is 9.38. The van der Waals surface area contributed by atoms with E-state index in [1.165, 1.54) is 28.6 Å². The van der Waals surface area contributed by atoms with Crippen LogP contribution in [0.3, 0.4) is 0 Å². The molecular weight excluding hydrogens is 279 g/mol. The highest BCUT2D eigenvalue weighted by molar-refractivity contribution is 7.88. The van der Waals surface area contributed by atoms with E-state index in [9.17, 15) is 12.8 Å². The van der Waals surface area contributed by atoms with Crippen molar-refractivity contribution < 1.29 is 12.8 Å². The minimum Gasteiger partial charge on any atom is -0.328 e. The minimum absolute atomic E-state index is 0.00109. The van der Waals surface area contributed by atoms with Gasteiger partial charge in [-0.25, -0.2) is 17.1 Å². The summed E-state index contributed by atoms with van der Waals surface area (Å²) in [5, 5.41) is 0. The van der Waals surface area contributed by atoms with E-state index < -0.39 is 10.0 Å². The fraction of sp³-hybridized carbons (Fsp3) is 0.571. The monoisotopic (exact) mass is 300 g/mol. The Morgan fingerprint density at radius 1 is 1.40 bits per heavy atom. The van der Waals surface area contributed by atoms with E-state index >= 15 is 0 Å². The summed E-state index contributed by atoms with van der Waals surface area (Å²) in [5.41, 5.74) is 6.48. The zero-order valence-electron chi connectivity index (χ0n) is 11.6. The summed E-state index contributed by atoms with van der Waals surface area (Å²) < 4.78 is 39.2. The average Bonchev–Trinajstić information content (AvgIpc) is 2.41. The molecule has 1 aliphatic rings. The number of rotatable bonds is 4. The molecule has 2 atom stereocenters. The molecule has 0 radical (unpaired) electrons. The predicted molar refractivity (Wildman–Crippen MR) is 77.0 cm³/mol. The largest absolute Gasteiger partial charge is 0.328 e. The van der Waals surface area contributed by atoms with Crippen molar-refractivity contribution in [2.45, 2.75) is 31.6 Å². The second-order valence-electron chi connectivity index (χ2n) is 5.50. The number of hydrogen-bond donors (Lipinski definition) is 1. The molecule has 0 spiro atoms. The first-order valence-corrected chi connectivity index (χ1v) is 8.47. The number of halogens is 1. The van der Waals surface area contributed by atoms with Crippen LogP contribution in [0, 0.1) is 11.7 Å². The van der Waals surface area contributed by atoms with Crippen molar-refractivity contribution in [2.75, 3.05) is 13.1 Å². The summed E-state index contributed by atoms with van der Waals surface area (Å²) in [7, 11) is -3.36. The van der Waals surface area contributed by atoms with Crippen LogP contribution in [0.4, 0.5) is 4.39 Å². The molecule has 1 fully saturated rings. The maximum absolute atomic E-state index is 12.8. The van der Waals surface area contributed by atoms with Crippen LogP contribution in [-0.2, 0) is 15.8 Å². The number of sulfonamides is 1. The second-order valence-corrected chi connectivity index (χ2v) is 7.47. The summed E-state index contributed by atoms with van der Waals surface area (Å²) in [6.45, 7) is 2.95. The van der Waals surface area contributed by atoms with Gasteiger partial charge in [0.1, 0.15) is 5.82 Å². The van der Waals surface area contributed by atoms with Gasteiger partial charge in [0.2, 0.25) is 10.0 Å². The Kier molecular flexibility index (Phi) is 4.78. The van der Waals surface area contributed by atoms with Gasteiger partial charge in [-0.05, 0) is 43.4 Å². The van der Waals surface area contributed by atoms with E-state index in [2.05, 4.69) is 0 Å². The zero-order chi connectivity index (χ0) is 14.8. The molecule has 2 N–H and O–H groups in total. The van der Waals surface area contributed by atoms with E-state index in [1.54, 1.807) is 0 Å². The lowest BCUT2D eigenvalue weighted by Crippen LogP contribution is -2.45. The smallest absolute Gasteiger partial charge is 0.218 e. The third-order valence-corrected chi connectivity index (χ3v) is 5.64. The van der Waals surface area contributed by atoms with Crippen molar-refractivity contribution in [3.05, 3.63) is 35.6 Å². The van der Waals surface area contributed by atoms with Gasteiger partial charge in [0.25, 0.3) is 0 Å². The van der Waals surface area contributed by atoms with Gasteiger partial charge < -0.3 is 5.73 Å². The van der Waals surface area contributed by atoms with Crippen molar-refractivity contribution in [1.82, 2.24) is 4.31 Å². The summed E-state index contributed by atoms with van der Waals surface area (Å²) in [5.74, 6) is -0.230. The quantitative estimate of drug-likeness (QED) is 0.921. The van der Waals surface area contributed by atoms with E-state index in [0.717, 1.165) is 12.8 Å². The van der Waals surface area contributed by atoms with Crippen LogP contribution in [0.5, 0.6) is 0 Å².